The molecule has 126 valence electrons. The van der Waals surface area contributed by atoms with Crippen LogP contribution in [0, 0.1) is 5.92 Å². The molecule has 2 unspecified atom stereocenters. The highest BCUT2D eigenvalue weighted by Crippen LogP contribution is 2.24. The van der Waals surface area contributed by atoms with Crippen molar-refractivity contribution in [1.82, 2.24) is 15.5 Å². The van der Waals surface area contributed by atoms with Crippen LogP contribution in [0.4, 0.5) is 0 Å². The Balaban J connectivity index is 0.00000242. The van der Waals surface area contributed by atoms with Crippen LogP contribution in [0.3, 0.4) is 0 Å². The first kappa shape index (κ1) is 18.9. The van der Waals surface area contributed by atoms with E-state index in [0.29, 0.717) is 31.2 Å². The van der Waals surface area contributed by atoms with Crippen LogP contribution in [-0.4, -0.2) is 28.6 Å². The average Bonchev–Trinajstić information content (AvgIpc) is 3.08. The number of carbonyl (C=O) groups is 1. The number of amides is 1. The van der Waals surface area contributed by atoms with Gasteiger partial charge in [0.15, 0.2) is 5.82 Å². The van der Waals surface area contributed by atoms with Crippen molar-refractivity contribution in [3.63, 3.8) is 0 Å². The summed E-state index contributed by atoms with van der Waals surface area (Å²) in [6.07, 6.45) is 7.08. The second kappa shape index (κ2) is 9.79. The van der Waals surface area contributed by atoms with Crippen LogP contribution in [0.15, 0.2) is 4.52 Å². The van der Waals surface area contributed by atoms with E-state index in [1.54, 1.807) is 0 Å². The summed E-state index contributed by atoms with van der Waals surface area (Å²) in [5.41, 5.74) is 5.72. The van der Waals surface area contributed by atoms with Crippen LogP contribution in [0.5, 0.6) is 0 Å². The zero-order chi connectivity index (χ0) is 15.1. The van der Waals surface area contributed by atoms with Crippen molar-refractivity contribution in [1.29, 1.82) is 0 Å². The number of hydrogen-bond acceptors (Lipinski definition) is 5. The normalized spacial score (nSPS) is 20.6. The lowest BCUT2D eigenvalue weighted by Crippen LogP contribution is -2.39. The van der Waals surface area contributed by atoms with Gasteiger partial charge in [-0.1, -0.05) is 18.5 Å². The number of halogens is 1. The molecule has 0 aliphatic heterocycles. The summed E-state index contributed by atoms with van der Waals surface area (Å²) in [5, 5.41) is 7.01. The number of rotatable bonds is 8. The van der Waals surface area contributed by atoms with Gasteiger partial charge in [0, 0.05) is 25.3 Å². The maximum absolute atomic E-state index is 11.9. The quantitative estimate of drug-likeness (QED) is 0.760. The zero-order valence-corrected chi connectivity index (χ0v) is 14.0. The second-order valence-corrected chi connectivity index (χ2v) is 5.81. The van der Waals surface area contributed by atoms with Gasteiger partial charge in [0.2, 0.25) is 11.8 Å². The molecule has 0 saturated heterocycles. The van der Waals surface area contributed by atoms with E-state index >= 15 is 0 Å². The fraction of sp³-hybridized carbons (Fsp3) is 0.800. The molecule has 22 heavy (non-hydrogen) atoms. The standard InChI is InChI=1S/C15H26N4O2.ClH/c1-2-5-13-18-15(21-19-13)9-4-8-14(20)17-12-7-3-6-11(12)10-16;/h11-12H,2-10,16H2,1H3,(H,17,20);1H. The van der Waals surface area contributed by atoms with Crippen molar-refractivity contribution in [2.75, 3.05) is 6.54 Å². The van der Waals surface area contributed by atoms with E-state index < -0.39 is 0 Å². The van der Waals surface area contributed by atoms with E-state index in [9.17, 15) is 4.79 Å². The van der Waals surface area contributed by atoms with Crippen molar-refractivity contribution < 1.29 is 9.32 Å². The second-order valence-electron chi connectivity index (χ2n) is 5.81. The first-order chi connectivity index (χ1) is 10.2. The van der Waals surface area contributed by atoms with Crippen molar-refractivity contribution in [3.05, 3.63) is 11.7 Å². The van der Waals surface area contributed by atoms with Gasteiger partial charge in [0.05, 0.1) is 0 Å². The van der Waals surface area contributed by atoms with Crippen molar-refractivity contribution >= 4 is 18.3 Å². The highest BCUT2D eigenvalue weighted by molar-refractivity contribution is 5.85. The molecule has 3 N–H and O–H groups in total. The van der Waals surface area contributed by atoms with Crippen LogP contribution in [0.1, 0.15) is 57.2 Å². The van der Waals surface area contributed by atoms with Gasteiger partial charge in [-0.05, 0) is 38.1 Å². The van der Waals surface area contributed by atoms with Crippen LogP contribution in [0.25, 0.3) is 0 Å². The topological polar surface area (TPSA) is 94.0 Å². The van der Waals surface area contributed by atoms with Gasteiger partial charge < -0.3 is 15.6 Å². The fourth-order valence-corrected chi connectivity index (χ4v) is 2.90. The summed E-state index contributed by atoms with van der Waals surface area (Å²) in [5.74, 6) is 1.94. The first-order valence-corrected chi connectivity index (χ1v) is 8.03. The molecule has 0 aromatic carbocycles. The molecule has 1 aliphatic rings. The monoisotopic (exact) mass is 330 g/mol. The van der Waals surface area contributed by atoms with E-state index in [0.717, 1.165) is 44.3 Å². The molecule has 1 amide bonds. The van der Waals surface area contributed by atoms with E-state index in [1.807, 2.05) is 0 Å². The minimum Gasteiger partial charge on any atom is -0.353 e. The summed E-state index contributed by atoms with van der Waals surface area (Å²) >= 11 is 0. The molecule has 0 radical (unpaired) electrons. The van der Waals surface area contributed by atoms with Gasteiger partial charge in [-0.25, -0.2) is 0 Å². The highest BCUT2D eigenvalue weighted by atomic mass is 35.5. The number of nitrogens with zero attached hydrogens (tertiary/aromatic N) is 2. The SMILES string of the molecule is CCCc1noc(CCCC(=O)NC2CCCC2CN)n1.Cl. The number of aromatic nitrogens is 2. The van der Waals surface area contributed by atoms with Gasteiger partial charge in [0.25, 0.3) is 0 Å². The Morgan fingerprint density at radius 1 is 1.41 bits per heavy atom. The van der Waals surface area contributed by atoms with Crippen molar-refractivity contribution in [2.45, 2.75) is 64.3 Å². The lowest BCUT2D eigenvalue weighted by atomic mass is 10.0. The summed E-state index contributed by atoms with van der Waals surface area (Å²) in [6, 6.07) is 0.266. The van der Waals surface area contributed by atoms with Gasteiger partial charge >= 0.3 is 0 Å². The maximum Gasteiger partial charge on any atom is 0.226 e. The van der Waals surface area contributed by atoms with Gasteiger partial charge in [-0.3, -0.25) is 4.79 Å². The zero-order valence-electron chi connectivity index (χ0n) is 13.2. The van der Waals surface area contributed by atoms with Crippen LogP contribution < -0.4 is 11.1 Å². The Bertz CT molecular complexity index is 453. The van der Waals surface area contributed by atoms with E-state index in [2.05, 4.69) is 22.4 Å². The minimum atomic E-state index is 0. The summed E-state index contributed by atoms with van der Waals surface area (Å²) in [7, 11) is 0. The third-order valence-corrected chi connectivity index (χ3v) is 4.09. The molecule has 1 aliphatic carbocycles. The first-order valence-electron chi connectivity index (χ1n) is 8.03. The molecule has 6 nitrogen and oxygen atoms in total. The fourth-order valence-electron chi connectivity index (χ4n) is 2.90. The van der Waals surface area contributed by atoms with E-state index in [4.69, 9.17) is 10.3 Å². The molecule has 1 saturated carbocycles. The molecule has 2 atom stereocenters. The van der Waals surface area contributed by atoms with Crippen LogP contribution in [-0.2, 0) is 17.6 Å². The minimum absolute atomic E-state index is 0. The Labute approximate surface area is 138 Å². The van der Waals surface area contributed by atoms with Crippen LogP contribution >= 0.6 is 12.4 Å². The number of carbonyl (C=O) groups excluding carboxylic acids is 1. The Morgan fingerprint density at radius 2 is 2.23 bits per heavy atom. The Hall–Kier alpha value is -1.14. The lowest BCUT2D eigenvalue weighted by Gasteiger charge is -2.19. The average molecular weight is 331 g/mol. The van der Waals surface area contributed by atoms with Gasteiger partial charge in [0.1, 0.15) is 0 Å². The lowest BCUT2D eigenvalue weighted by molar-refractivity contribution is -0.122. The predicted molar refractivity (Wildman–Crippen MR) is 86.8 cm³/mol. The molecular weight excluding hydrogens is 304 g/mol. The Morgan fingerprint density at radius 3 is 2.95 bits per heavy atom. The molecule has 1 heterocycles. The number of nitrogens with two attached hydrogens (primary N) is 1. The number of hydrogen-bond donors (Lipinski definition) is 2. The third kappa shape index (κ3) is 5.57. The third-order valence-electron chi connectivity index (χ3n) is 4.09. The predicted octanol–water partition coefficient (Wildman–Crippen LogP) is 2.01. The molecule has 1 fully saturated rings. The molecular formula is C15H27ClN4O2. The van der Waals surface area contributed by atoms with Crippen LogP contribution in [0.2, 0.25) is 0 Å². The van der Waals surface area contributed by atoms with Crippen molar-refractivity contribution in [2.24, 2.45) is 11.7 Å². The molecule has 0 bridgehead atoms. The molecule has 1 aromatic rings. The molecule has 7 heteroatoms. The molecule has 0 spiro atoms. The van der Waals surface area contributed by atoms with E-state index in [1.165, 1.54) is 0 Å². The summed E-state index contributed by atoms with van der Waals surface area (Å²) < 4.78 is 5.16. The summed E-state index contributed by atoms with van der Waals surface area (Å²) in [6.45, 7) is 2.74. The van der Waals surface area contributed by atoms with Gasteiger partial charge in [-0.2, -0.15) is 4.98 Å². The molecule has 2 rings (SSSR count). The maximum atomic E-state index is 11.9. The van der Waals surface area contributed by atoms with E-state index in [-0.39, 0.29) is 24.4 Å². The van der Waals surface area contributed by atoms with Crippen molar-refractivity contribution in [3.8, 4) is 0 Å². The number of aryl methyl sites for hydroxylation is 2. The largest absolute Gasteiger partial charge is 0.353 e. The number of nitrogens with one attached hydrogen (secondary N) is 1. The highest BCUT2D eigenvalue weighted by Gasteiger charge is 2.27. The molecule has 1 aromatic heterocycles. The Kier molecular flexibility index (Phi) is 8.42. The van der Waals surface area contributed by atoms with Gasteiger partial charge in [-0.15, -0.1) is 12.4 Å². The summed E-state index contributed by atoms with van der Waals surface area (Å²) in [4.78, 5) is 16.2. The smallest absolute Gasteiger partial charge is 0.226 e.